The molecule has 0 aromatic heterocycles. The van der Waals surface area contributed by atoms with Crippen LogP contribution in [-0.2, 0) is 28.6 Å². The number of allylic oxidation sites excluding steroid dienone is 14. The minimum atomic E-state index is -0.814. The lowest BCUT2D eigenvalue weighted by atomic mass is 10.1. The number of rotatable bonds is 47. The Morgan fingerprint density at radius 1 is 0.328 bits per heavy atom. The molecule has 0 rings (SSSR count). The van der Waals surface area contributed by atoms with Gasteiger partial charge in [0, 0.05) is 19.3 Å². The first-order chi connectivity index (χ1) is 31.5. The van der Waals surface area contributed by atoms with E-state index in [2.05, 4.69) is 51.2 Å². The maximum absolute atomic E-state index is 12.8. The van der Waals surface area contributed by atoms with Crippen LogP contribution < -0.4 is 0 Å². The van der Waals surface area contributed by atoms with E-state index in [1.807, 2.05) is 54.7 Å². The maximum atomic E-state index is 12.8. The third-order valence-corrected chi connectivity index (χ3v) is 11.2. The zero-order valence-corrected chi connectivity index (χ0v) is 41.8. The molecule has 0 heterocycles. The summed E-state index contributed by atoms with van der Waals surface area (Å²) in [6.07, 6.45) is 67.2. The Kier molecular flexibility index (Phi) is 49.4. The van der Waals surface area contributed by atoms with E-state index in [0.717, 1.165) is 64.2 Å². The van der Waals surface area contributed by atoms with E-state index in [9.17, 15) is 14.4 Å². The highest BCUT2D eigenvalue weighted by atomic mass is 16.6. The normalized spacial score (nSPS) is 12.7. The van der Waals surface area contributed by atoms with E-state index in [1.54, 1.807) is 0 Å². The van der Waals surface area contributed by atoms with Crippen molar-refractivity contribution in [2.45, 2.75) is 252 Å². The van der Waals surface area contributed by atoms with Crippen LogP contribution in [0.1, 0.15) is 245 Å². The van der Waals surface area contributed by atoms with E-state index in [0.29, 0.717) is 19.3 Å². The summed E-state index contributed by atoms with van der Waals surface area (Å²) in [6.45, 7) is 6.41. The highest BCUT2D eigenvalue weighted by Crippen LogP contribution is 2.14. The number of carbonyl (C=O) groups excluding carboxylic acids is 3. The van der Waals surface area contributed by atoms with Gasteiger partial charge in [0.15, 0.2) is 6.10 Å². The molecule has 0 bridgehead atoms. The van der Waals surface area contributed by atoms with Crippen molar-refractivity contribution in [3.05, 3.63) is 85.1 Å². The van der Waals surface area contributed by atoms with Crippen molar-refractivity contribution >= 4 is 17.9 Å². The van der Waals surface area contributed by atoms with Crippen molar-refractivity contribution in [2.75, 3.05) is 13.2 Å². The first-order valence-corrected chi connectivity index (χ1v) is 26.7. The third-order valence-electron chi connectivity index (χ3n) is 11.2. The predicted molar refractivity (Wildman–Crippen MR) is 274 cm³/mol. The Balaban J connectivity index is 4.45. The van der Waals surface area contributed by atoms with E-state index in [-0.39, 0.29) is 37.5 Å². The molecule has 0 aromatic carbocycles. The molecular formula is C58H98O6. The van der Waals surface area contributed by atoms with E-state index >= 15 is 0 Å². The van der Waals surface area contributed by atoms with Crippen LogP contribution in [0.3, 0.4) is 0 Å². The first kappa shape index (κ1) is 60.6. The van der Waals surface area contributed by atoms with Gasteiger partial charge >= 0.3 is 17.9 Å². The molecule has 0 aliphatic rings. The monoisotopic (exact) mass is 891 g/mol. The fraction of sp³-hybridized carbons (Fsp3) is 0.707. The van der Waals surface area contributed by atoms with Crippen molar-refractivity contribution in [1.82, 2.24) is 0 Å². The summed E-state index contributed by atoms with van der Waals surface area (Å²) in [5.41, 5.74) is 0. The zero-order valence-electron chi connectivity index (χ0n) is 41.8. The number of unbranched alkanes of at least 4 members (excludes halogenated alkanes) is 26. The van der Waals surface area contributed by atoms with Crippen molar-refractivity contribution < 1.29 is 28.6 Å². The molecule has 6 heteroatoms. The molecule has 0 fully saturated rings. The molecule has 0 aromatic rings. The van der Waals surface area contributed by atoms with Crippen LogP contribution in [0, 0.1) is 0 Å². The second-order valence-corrected chi connectivity index (χ2v) is 17.5. The highest BCUT2D eigenvalue weighted by Gasteiger charge is 2.19. The molecule has 0 saturated heterocycles. The Morgan fingerprint density at radius 3 is 1.06 bits per heavy atom. The number of hydrogen-bond donors (Lipinski definition) is 0. The topological polar surface area (TPSA) is 78.9 Å². The standard InChI is InChI=1S/C58H98O6/c1-4-7-10-13-16-19-22-25-27-28-29-30-31-34-36-39-42-45-48-51-57(60)63-54-55(53-62-56(59)50-47-44-41-38-35-32-24-21-18-15-12-9-6-3)64-58(61)52-49-46-43-40-37-33-26-23-20-17-14-11-8-5-2/h9,12,15,18,21,24,28-29,32-33,35,37-38,41,55H,4-8,10-11,13-14,16-17,19-20,22-23,25-27,30-31,34,36,39-40,42-54H2,1-3H3/b12-9-,18-15-,24-21-,29-28-,35-32-,37-33-,41-38-. The molecule has 1 unspecified atom stereocenters. The van der Waals surface area contributed by atoms with Gasteiger partial charge in [-0.2, -0.15) is 0 Å². The van der Waals surface area contributed by atoms with Gasteiger partial charge in [0.25, 0.3) is 0 Å². The third kappa shape index (κ3) is 49.6. The van der Waals surface area contributed by atoms with Gasteiger partial charge in [-0.15, -0.1) is 0 Å². The molecular weight excluding hydrogens is 793 g/mol. The molecule has 366 valence electrons. The van der Waals surface area contributed by atoms with Crippen LogP contribution in [0.5, 0.6) is 0 Å². The number of ether oxygens (including phenoxy) is 3. The van der Waals surface area contributed by atoms with Crippen molar-refractivity contribution in [1.29, 1.82) is 0 Å². The Bertz CT molecular complexity index is 1250. The second kappa shape index (κ2) is 52.2. The number of esters is 3. The molecule has 64 heavy (non-hydrogen) atoms. The van der Waals surface area contributed by atoms with Crippen LogP contribution in [0.2, 0.25) is 0 Å². The van der Waals surface area contributed by atoms with Crippen LogP contribution in [0.4, 0.5) is 0 Å². The summed E-state index contributed by atoms with van der Waals surface area (Å²) in [6, 6.07) is 0. The highest BCUT2D eigenvalue weighted by molar-refractivity contribution is 5.71. The lowest BCUT2D eigenvalue weighted by Gasteiger charge is -2.18. The lowest BCUT2D eigenvalue weighted by molar-refractivity contribution is -0.167. The van der Waals surface area contributed by atoms with Crippen molar-refractivity contribution in [3.8, 4) is 0 Å². The van der Waals surface area contributed by atoms with Crippen molar-refractivity contribution in [2.24, 2.45) is 0 Å². The lowest BCUT2D eigenvalue weighted by Crippen LogP contribution is -2.30. The largest absolute Gasteiger partial charge is 0.462 e. The second-order valence-electron chi connectivity index (χ2n) is 17.5. The Morgan fingerprint density at radius 2 is 0.641 bits per heavy atom. The Hall–Kier alpha value is -3.41. The fourth-order valence-corrected chi connectivity index (χ4v) is 7.23. The van der Waals surface area contributed by atoms with Crippen molar-refractivity contribution in [3.63, 3.8) is 0 Å². The number of carbonyl (C=O) groups is 3. The van der Waals surface area contributed by atoms with E-state index in [1.165, 1.54) is 135 Å². The van der Waals surface area contributed by atoms with Crippen LogP contribution >= 0.6 is 0 Å². The maximum Gasteiger partial charge on any atom is 0.306 e. The summed E-state index contributed by atoms with van der Waals surface area (Å²) in [4.78, 5) is 38.0. The Labute approximate surface area is 395 Å². The molecule has 0 N–H and O–H groups in total. The van der Waals surface area contributed by atoms with Crippen LogP contribution in [0.15, 0.2) is 85.1 Å². The van der Waals surface area contributed by atoms with Gasteiger partial charge < -0.3 is 14.2 Å². The fourth-order valence-electron chi connectivity index (χ4n) is 7.23. The minimum absolute atomic E-state index is 0.107. The molecule has 1 atom stereocenters. The molecule has 0 amide bonds. The SMILES string of the molecule is CC\C=C/C=C\C=C/C=C\C=C/CCCC(=O)OCC(COC(=O)CCCCCCCCC/C=C\CCCCCCCCCC)OC(=O)CCCCC/C=C\CCCCCCCCC. The predicted octanol–water partition coefficient (Wildman–Crippen LogP) is 17.6. The zero-order chi connectivity index (χ0) is 46.5. The van der Waals surface area contributed by atoms with Gasteiger partial charge in [0.2, 0.25) is 0 Å². The van der Waals surface area contributed by atoms with E-state index < -0.39 is 6.10 Å². The smallest absolute Gasteiger partial charge is 0.306 e. The summed E-state index contributed by atoms with van der Waals surface area (Å²) in [7, 11) is 0. The molecule has 0 saturated carbocycles. The summed E-state index contributed by atoms with van der Waals surface area (Å²) >= 11 is 0. The van der Waals surface area contributed by atoms with Gasteiger partial charge in [-0.3, -0.25) is 14.4 Å². The summed E-state index contributed by atoms with van der Waals surface area (Å²) in [5.74, 6) is -1.00. The van der Waals surface area contributed by atoms with Gasteiger partial charge in [-0.25, -0.2) is 0 Å². The average Bonchev–Trinajstić information content (AvgIpc) is 3.29. The molecule has 6 nitrogen and oxygen atoms in total. The molecule has 0 radical (unpaired) electrons. The molecule has 0 aliphatic carbocycles. The van der Waals surface area contributed by atoms with Gasteiger partial charge in [-0.1, -0.05) is 228 Å². The van der Waals surface area contributed by atoms with Gasteiger partial charge in [-0.05, 0) is 83.5 Å². The average molecular weight is 891 g/mol. The molecule has 0 spiro atoms. The number of hydrogen-bond acceptors (Lipinski definition) is 6. The van der Waals surface area contributed by atoms with Gasteiger partial charge in [0.05, 0.1) is 0 Å². The quantitative estimate of drug-likeness (QED) is 0.0199. The van der Waals surface area contributed by atoms with Crippen LogP contribution in [0.25, 0.3) is 0 Å². The van der Waals surface area contributed by atoms with Gasteiger partial charge in [0.1, 0.15) is 13.2 Å². The summed E-state index contributed by atoms with van der Waals surface area (Å²) in [5, 5.41) is 0. The summed E-state index contributed by atoms with van der Waals surface area (Å²) < 4.78 is 16.7. The van der Waals surface area contributed by atoms with E-state index in [4.69, 9.17) is 14.2 Å². The molecule has 0 aliphatic heterocycles. The first-order valence-electron chi connectivity index (χ1n) is 26.7. The van der Waals surface area contributed by atoms with Crippen LogP contribution in [-0.4, -0.2) is 37.2 Å². The minimum Gasteiger partial charge on any atom is -0.462 e.